The first kappa shape index (κ1) is 8.82. The second-order valence-electron chi connectivity index (χ2n) is 0.144. The van der Waals surface area contributed by atoms with Crippen LogP contribution in [-0.4, -0.2) is 36.3 Å². The van der Waals surface area contributed by atoms with Gasteiger partial charge in [0.25, 0.3) is 0 Å². The van der Waals surface area contributed by atoms with Crippen molar-refractivity contribution in [1.29, 1.82) is 0 Å². The monoisotopic (exact) mass is 69.0 g/mol. The van der Waals surface area contributed by atoms with E-state index >= 15 is 0 Å². The van der Waals surface area contributed by atoms with Crippen molar-refractivity contribution in [2.75, 3.05) is 0 Å². The molecular formula is CH4NNaO. The van der Waals surface area contributed by atoms with E-state index in [4.69, 9.17) is 5.21 Å². The van der Waals surface area contributed by atoms with Gasteiger partial charge in [-0.15, -0.1) is 0 Å². The Kier molecular flexibility index (Phi) is 21.6. The quantitative estimate of drug-likeness (QED) is 0.147. The third-order valence-electron chi connectivity index (χ3n) is 0. The number of hydrogen-bond donors (Lipinski definition) is 1. The van der Waals surface area contributed by atoms with Crippen molar-refractivity contribution >= 4 is 36.3 Å². The Morgan fingerprint density at radius 3 is 1.75 bits per heavy atom. The van der Waals surface area contributed by atoms with Gasteiger partial charge in [0.2, 0.25) is 0 Å². The molecule has 0 saturated carbocycles. The summed E-state index contributed by atoms with van der Waals surface area (Å²) in [5, 5.41) is 9.82. The summed E-state index contributed by atoms with van der Waals surface area (Å²) in [6.07, 6.45) is 0. The molecule has 0 rings (SSSR count). The van der Waals surface area contributed by atoms with Gasteiger partial charge in [0.15, 0.2) is 0 Å². The number of rotatable bonds is 0. The standard InChI is InChI=1S/CH3NO.Na.H/c1-2-3;;/h2H,1H2;;. The predicted molar refractivity (Wildman–Crippen MR) is 18.6 cm³/mol. The van der Waals surface area contributed by atoms with Crippen LogP contribution < -0.4 is 5.16 Å². The molecule has 0 amide bonds. The van der Waals surface area contributed by atoms with Gasteiger partial charge >= 0.3 is 29.6 Å². The molecule has 20 valence electrons. The Bertz CT molecular complexity index is 15.5. The molecule has 0 aliphatic carbocycles. The number of hydrogen-bond acceptors (Lipinski definition) is 1. The number of nitrogens with one attached hydrogen (secondary N) is 1. The molecule has 4 heavy (non-hydrogen) atoms. The molecule has 3 heteroatoms. The van der Waals surface area contributed by atoms with Crippen LogP contribution in [0.4, 0.5) is 0 Å². The van der Waals surface area contributed by atoms with Crippen molar-refractivity contribution in [3.63, 3.8) is 0 Å². The van der Waals surface area contributed by atoms with E-state index in [1.807, 2.05) is 0 Å². The predicted octanol–water partition coefficient (Wildman–Crippen LogP) is -2.38. The van der Waals surface area contributed by atoms with Gasteiger partial charge in [0, 0.05) is 0 Å². The summed E-state index contributed by atoms with van der Waals surface area (Å²) >= 11 is 0. The van der Waals surface area contributed by atoms with Crippen molar-refractivity contribution in [2.24, 2.45) is 0 Å². The minimum absolute atomic E-state index is 0. The van der Waals surface area contributed by atoms with Crippen LogP contribution in [-0.2, 0) is 0 Å². The Morgan fingerprint density at radius 2 is 1.75 bits per heavy atom. The van der Waals surface area contributed by atoms with Gasteiger partial charge in [0.1, 0.15) is 6.72 Å². The van der Waals surface area contributed by atoms with E-state index in [1.54, 1.807) is 0 Å². The summed E-state index contributed by atoms with van der Waals surface area (Å²) in [5.74, 6) is 0. The Hall–Kier alpha value is 0.470. The molecule has 0 bridgehead atoms. The fraction of sp³-hybridized carbons (Fsp3) is 0. The fourth-order valence-corrected chi connectivity index (χ4v) is 0. The van der Waals surface area contributed by atoms with E-state index in [0.717, 1.165) is 0 Å². The van der Waals surface area contributed by atoms with Gasteiger partial charge in [0.05, 0.1) is 0 Å². The van der Waals surface area contributed by atoms with Crippen molar-refractivity contribution in [3.8, 4) is 0 Å². The maximum absolute atomic E-state index is 8.57. The van der Waals surface area contributed by atoms with E-state index < -0.39 is 0 Å². The summed E-state index contributed by atoms with van der Waals surface area (Å²) in [4.78, 5) is 0. The van der Waals surface area contributed by atoms with Crippen molar-refractivity contribution < 1.29 is 5.16 Å². The molecule has 0 aliphatic rings. The zero-order valence-corrected chi connectivity index (χ0v) is 1.62. The van der Waals surface area contributed by atoms with E-state index in [1.165, 1.54) is 5.16 Å². The van der Waals surface area contributed by atoms with Gasteiger partial charge in [-0.2, -0.15) is 0 Å². The SMILES string of the molecule is C=[NH+][O-].[NaH]. The van der Waals surface area contributed by atoms with Crippen LogP contribution in [0, 0.1) is 5.21 Å². The molecule has 0 saturated heterocycles. The third kappa shape index (κ3) is 24.2. The summed E-state index contributed by atoms with van der Waals surface area (Å²) in [6.45, 7) is 2.68. The molecule has 0 aromatic heterocycles. The van der Waals surface area contributed by atoms with Crippen molar-refractivity contribution in [1.82, 2.24) is 0 Å². The molecule has 0 aliphatic heterocycles. The molecular weight excluding hydrogens is 65.0 g/mol. The van der Waals surface area contributed by atoms with Gasteiger partial charge in [-0.05, 0) is 0 Å². The van der Waals surface area contributed by atoms with E-state index in [9.17, 15) is 0 Å². The average Bonchev–Trinajstić information content (AvgIpc) is 0.918. The molecule has 0 radical (unpaired) electrons. The zero-order valence-electron chi connectivity index (χ0n) is 1.62. The Labute approximate surface area is 46.8 Å². The first-order valence-electron chi connectivity index (χ1n) is 0.558. The van der Waals surface area contributed by atoms with Gasteiger partial charge < -0.3 is 5.21 Å². The summed E-state index contributed by atoms with van der Waals surface area (Å²) in [7, 11) is 0. The van der Waals surface area contributed by atoms with Crippen LogP contribution in [0.25, 0.3) is 0 Å². The summed E-state index contributed by atoms with van der Waals surface area (Å²) in [6, 6.07) is 0. The van der Waals surface area contributed by atoms with Crippen molar-refractivity contribution in [2.45, 2.75) is 0 Å². The minimum atomic E-state index is 0. The van der Waals surface area contributed by atoms with E-state index in [2.05, 4.69) is 6.72 Å². The summed E-state index contributed by atoms with van der Waals surface area (Å²) in [5.41, 5.74) is 0. The molecule has 0 aromatic carbocycles. The topological polar surface area (TPSA) is 37.0 Å². The van der Waals surface area contributed by atoms with Crippen molar-refractivity contribution in [3.05, 3.63) is 5.21 Å². The van der Waals surface area contributed by atoms with E-state index in [0.29, 0.717) is 0 Å². The molecule has 1 N–H and O–H groups in total. The normalized spacial score (nSPS) is 3.00. The molecule has 0 atom stereocenters. The second kappa shape index (κ2) is 9.80. The molecule has 0 spiro atoms. The maximum atomic E-state index is 8.57. The van der Waals surface area contributed by atoms with Crippen LogP contribution in [0.15, 0.2) is 0 Å². The van der Waals surface area contributed by atoms with Crippen LogP contribution in [0.3, 0.4) is 0 Å². The molecule has 0 heterocycles. The first-order chi connectivity index (χ1) is 1.41. The molecule has 0 unspecified atom stereocenters. The Balaban J connectivity index is 0. The van der Waals surface area contributed by atoms with Gasteiger partial charge in [-0.25, -0.2) is 5.16 Å². The molecule has 0 aromatic rings. The fourth-order valence-electron chi connectivity index (χ4n) is 0. The molecule has 0 fully saturated rings. The zero-order chi connectivity index (χ0) is 2.71. The Morgan fingerprint density at radius 1 is 1.75 bits per heavy atom. The van der Waals surface area contributed by atoms with E-state index in [-0.39, 0.29) is 29.6 Å². The van der Waals surface area contributed by atoms with Gasteiger partial charge in [-0.1, -0.05) is 0 Å². The average molecular weight is 69.0 g/mol. The summed E-state index contributed by atoms with van der Waals surface area (Å²) < 4.78 is 0. The van der Waals surface area contributed by atoms with Crippen LogP contribution in [0.1, 0.15) is 0 Å². The third-order valence-corrected chi connectivity index (χ3v) is 0. The van der Waals surface area contributed by atoms with Crippen LogP contribution >= 0.6 is 0 Å². The second-order valence-corrected chi connectivity index (χ2v) is 0.144. The first-order valence-corrected chi connectivity index (χ1v) is 0.558. The van der Waals surface area contributed by atoms with Gasteiger partial charge in [-0.3, -0.25) is 0 Å². The van der Waals surface area contributed by atoms with Crippen LogP contribution in [0.5, 0.6) is 0 Å². The van der Waals surface area contributed by atoms with Crippen LogP contribution in [0.2, 0.25) is 0 Å². The molecule has 2 nitrogen and oxygen atoms in total.